The third-order valence-electron chi connectivity index (χ3n) is 5.32. The van der Waals surface area contributed by atoms with E-state index in [-0.39, 0.29) is 34.7 Å². The van der Waals surface area contributed by atoms with Gasteiger partial charge in [0.05, 0.1) is 30.1 Å². The number of aromatic nitrogens is 1. The average molecular weight is 488 g/mol. The fourth-order valence-corrected chi connectivity index (χ4v) is 3.95. The van der Waals surface area contributed by atoms with Crippen LogP contribution in [0.4, 0.5) is 4.79 Å². The molecule has 12 heteroatoms. The molecule has 2 rings (SSSR count). The molecular weight excluding hydrogens is 463 g/mol. The number of nitrogens with zero attached hydrogens (tertiary/aromatic N) is 2. The molecule has 0 radical (unpaired) electrons. The van der Waals surface area contributed by atoms with Crippen molar-refractivity contribution in [3.05, 3.63) is 28.0 Å². The molecule has 1 aromatic heterocycles. The van der Waals surface area contributed by atoms with E-state index in [9.17, 15) is 24.0 Å². The number of aldehydes is 1. The van der Waals surface area contributed by atoms with Crippen molar-refractivity contribution in [2.24, 2.45) is 5.92 Å². The van der Waals surface area contributed by atoms with Crippen LogP contribution in [0.5, 0.6) is 0 Å². The van der Waals surface area contributed by atoms with Crippen molar-refractivity contribution in [1.82, 2.24) is 15.6 Å². The zero-order valence-electron chi connectivity index (χ0n) is 17.6. The predicted molar refractivity (Wildman–Crippen MR) is 115 cm³/mol. The third-order valence-corrected chi connectivity index (χ3v) is 6.08. The molecule has 174 valence electrons. The van der Waals surface area contributed by atoms with E-state index in [1.165, 1.54) is 12.3 Å². The van der Waals surface area contributed by atoms with Gasteiger partial charge in [0.1, 0.15) is 23.5 Å². The van der Waals surface area contributed by atoms with E-state index in [1.807, 2.05) is 0 Å². The molecule has 1 aliphatic rings. The highest BCUT2D eigenvalue weighted by atomic mass is 35.5. The lowest BCUT2D eigenvalue weighted by Crippen LogP contribution is -2.66. The molecule has 2 atom stereocenters. The Bertz CT molecular complexity index is 917. The van der Waals surface area contributed by atoms with E-state index in [2.05, 4.69) is 15.6 Å². The highest BCUT2D eigenvalue weighted by Gasteiger charge is 2.51. The molecule has 32 heavy (non-hydrogen) atoms. The second kappa shape index (κ2) is 10.8. The number of likely N-dealkylation sites (tertiary alicyclic amines) is 1. The second-order valence-corrected chi connectivity index (χ2v) is 8.64. The van der Waals surface area contributed by atoms with Gasteiger partial charge in [0.15, 0.2) is 0 Å². The average Bonchev–Trinajstić information content (AvgIpc) is 3.23. The lowest BCUT2D eigenvalue weighted by molar-refractivity contribution is -0.761. The van der Waals surface area contributed by atoms with Crippen molar-refractivity contribution in [3.63, 3.8) is 0 Å². The molecule has 1 fully saturated rings. The molecule has 0 saturated carbocycles. The van der Waals surface area contributed by atoms with Crippen molar-refractivity contribution in [2.75, 3.05) is 13.1 Å². The first-order valence-electron chi connectivity index (χ1n) is 10.0. The SMILES string of the molecule is CC(C)[C@H](NC(=O)c1ccnc(Cl)c1Cl)C(=O)[N+]1(C(=O)N[C@H](C=O)CC(=O)O)CCCC1. The molecule has 1 aromatic rings. The van der Waals surface area contributed by atoms with Crippen molar-refractivity contribution in [3.8, 4) is 0 Å². The topological polar surface area (TPSA) is 143 Å². The number of carboxylic acids is 1. The number of carbonyl (C=O) groups excluding carboxylic acids is 4. The van der Waals surface area contributed by atoms with Gasteiger partial charge in [0.2, 0.25) is 0 Å². The molecule has 10 nitrogen and oxygen atoms in total. The number of urea groups is 1. The van der Waals surface area contributed by atoms with Gasteiger partial charge in [0, 0.05) is 19.0 Å². The number of carbonyl (C=O) groups is 5. The number of halogens is 2. The Labute approximate surface area is 194 Å². The summed E-state index contributed by atoms with van der Waals surface area (Å²) in [5.41, 5.74) is 0.0324. The van der Waals surface area contributed by atoms with Gasteiger partial charge in [-0.2, -0.15) is 4.48 Å². The zero-order valence-corrected chi connectivity index (χ0v) is 19.2. The van der Waals surface area contributed by atoms with Crippen molar-refractivity contribution in [1.29, 1.82) is 0 Å². The normalized spacial score (nSPS) is 16.8. The van der Waals surface area contributed by atoms with E-state index in [4.69, 9.17) is 28.3 Å². The molecule has 0 unspecified atom stereocenters. The summed E-state index contributed by atoms with van der Waals surface area (Å²) >= 11 is 11.9. The van der Waals surface area contributed by atoms with Crippen LogP contribution in [-0.4, -0.2) is 69.8 Å². The van der Waals surface area contributed by atoms with Gasteiger partial charge in [-0.1, -0.05) is 37.0 Å². The lowest BCUT2D eigenvalue weighted by atomic mass is 10.0. The Morgan fingerprint density at radius 1 is 1.19 bits per heavy atom. The van der Waals surface area contributed by atoms with Crippen LogP contribution in [-0.2, 0) is 14.4 Å². The zero-order chi connectivity index (χ0) is 24.1. The number of pyridine rings is 1. The minimum Gasteiger partial charge on any atom is -0.481 e. The van der Waals surface area contributed by atoms with Crippen molar-refractivity contribution in [2.45, 2.75) is 45.2 Å². The fourth-order valence-electron chi connectivity index (χ4n) is 3.59. The van der Waals surface area contributed by atoms with Crippen LogP contribution in [0.2, 0.25) is 10.2 Å². The van der Waals surface area contributed by atoms with Crippen LogP contribution in [0.3, 0.4) is 0 Å². The number of carboxylic acid groups (broad SMARTS) is 1. The van der Waals surface area contributed by atoms with Gasteiger partial charge < -0.3 is 15.2 Å². The van der Waals surface area contributed by atoms with Crippen molar-refractivity contribution < 1.29 is 33.6 Å². The van der Waals surface area contributed by atoms with Gasteiger partial charge in [-0.3, -0.25) is 14.9 Å². The van der Waals surface area contributed by atoms with E-state index in [0.717, 1.165) is 0 Å². The standard InChI is InChI=1S/C20H24Cl2N4O6/c1-11(2)16(25-18(30)13-5-6-23-17(22)15(13)21)19(31)26(7-3-4-8-26)20(32)24-12(10-27)9-14(28)29/h5-6,10-12,16H,3-4,7-9H2,1-2H3,(H2-,24,25,28,29,30,32)/p+1/t12-,16-/m0/s1. The maximum Gasteiger partial charge on any atom is 0.424 e. The highest BCUT2D eigenvalue weighted by Crippen LogP contribution is 2.26. The number of imide groups is 1. The number of nitrogens with one attached hydrogen (secondary N) is 2. The van der Waals surface area contributed by atoms with Crippen LogP contribution >= 0.6 is 23.2 Å². The summed E-state index contributed by atoms with van der Waals surface area (Å²) in [4.78, 5) is 65.4. The summed E-state index contributed by atoms with van der Waals surface area (Å²) < 4.78 is -0.641. The number of aliphatic carboxylic acids is 1. The minimum atomic E-state index is -1.27. The van der Waals surface area contributed by atoms with E-state index >= 15 is 0 Å². The van der Waals surface area contributed by atoms with Crippen LogP contribution in [0.25, 0.3) is 0 Å². The summed E-state index contributed by atoms with van der Waals surface area (Å²) in [7, 11) is 0. The van der Waals surface area contributed by atoms with Crippen LogP contribution in [0.15, 0.2) is 12.3 Å². The molecule has 0 aromatic carbocycles. The molecule has 0 spiro atoms. The Hall–Kier alpha value is -2.56. The third kappa shape index (κ3) is 5.62. The lowest BCUT2D eigenvalue weighted by Gasteiger charge is -2.33. The summed E-state index contributed by atoms with van der Waals surface area (Å²) in [5, 5.41) is 13.8. The maximum absolute atomic E-state index is 13.6. The molecular formula is C20H25Cl2N4O6+. The van der Waals surface area contributed by atoms with Crippen molar-refractivity contribution >= 4 is 53.3 Å². The Morgan fingerprint density at radius 3 is 2.34 bits per heavy atom. The van der Waals surface area contributed by atoms with Gasteiger partial charge in [-0.25, -0.2) is 14.6 Å². The molecule has 1 aliphatic heterocycles. The van der Waals surface area contributed by atoms with E-state index < -0.39 is 46.8 Å². The molecule has 0 aliphatic carbocycles. The smallest absolute Gasteiger partial charge is 0.424 e. The molecule has 0 bridgehead atoms. The summed E-state index contributed by atoms with van der Waals surface area (Å²) in [5.74, 6) is -2.85. The monoisotopic (exact) mass is 487 g/mol. The first-order valence-corrected chi connectivity index (χ1v) is 10.8. The molecule has 4 amide bonds. The molecule has 2 heterocycles. The van der Waals surface area contributed by atoms with Crippen LogP contribution < -0.4 is 10.6 Å². The van der Waals surface area contributed by atoms with Crippen LogP contribution in [0, 0.1) is 5.92 Å². The summed E-state index contributed by atoms with van der Waals surface area (Å²) in [6, 6.07) is -1.73. The fraction of sp³-hybridized carbons (Fsp3) is 0.500. The summed E-state index contributed by atoms with van der Waals surface area (Å²) in [6.07, 6.45) is 2.18. The predicted octanol–water partition coefficient (Wildman–Crippen LogP) is 2.03. The first kappa shape index (κ1) is 25.7. The Balaban J connectivity index is 2.31. The quantitative estimate of drug-likeness (QED) is 0.289. The van der Waals surface area contributed by atoms with Gasteiger partial charge in [-0.05, 0) is 12.0 Å². The molecule has 3 N–H and O–H groups in total. The number of hydrogen-bond donors (Lipinski definition) is 3. The largest absolute Gasteiger partial charge is 0.481 e. The van der Waals surface area contributed by atoms with E-state index in [1.54, 1.807) is 13.8 Å². The van der Waals surface area contributed by atoms with Gasteiger partial charge >= 0.3 is 17.9 Å². The highest BCUT2D eigenvalue weighted by molar-refractivity contribution is 6.43. The number of quaternary nitrogens is 1. The Kier molecular flexibility index (Phi) is 8.71. The van der Waals surface area contributed by atoms with Gasteiger partial charge in [0.25, 0.3) is 5.91 Å². The first-order chi connectivity index (χ1) is 15.0. The van der Waals surface area contributed by atoms with E-state index in [0.29, 0.717) is 19.1 Å². The number of hydrogen-bond acceptors (Lipinski definition) is 6. The second-order valence-electron chi connectivity index (χ2n) is 7.91. The number of rotatable bonds is 8. The number of amides is 4. The van der Waals surface area contributed by atoms with Gasteiger partial charge in [-0.15, -0.1) is 0 Å². The van der Waals surface area contributed by atoms with Crippen LogP contribution in [0.1, 0.15) is 43.5 Å². The molecule has 1 saturated heterocycles. The maximum atomic E-state index is 13.6. The summed E-state index contributed by atoms with van der Waals surface area (Å²) in [6.45, 7) is 3.77. The minimum absolute atomic E-state index is 0.0324. The Morgan fingerprint density at radius 2 is 1.81 bits per heavy atom.